The molecular weight excluding hydrogens is 629 g/mol. The predicted octanol–water partition coefficient (Wildman–Crippen LogP) is 13.7. The van der Waals surface area contributed by atoms with Crippen molar-refractivity contribution in [2.45, 2.75) is 25.7 Å². The Morgan fingerprint density at radius 3 is 1.13 bits per heavy atom. The monoisotopic (exact) mass is 670 g/mol. The van der Waals surface area contributed by atoms with Gasteiger partial charge in [-0.15, -0.1) is 0 Å². The van der Waals surface area contributed by atoms with Crippen LogP contribution in [0.5, 0.6) is 0 Å². The molecule has 0 saturated carbocycles. The third-order valence-corrected chi connectivity index (χ3v) is 10.2. The van der Waals surface area contributed by atoms with Gasteiger partial charge in [-0.05, 0) is 120 Å². The maximum Gasteiger partial charge on any atom is 0.0710 e. The van der Waals surface area contributed by atoms with Crippen molar-refractivity contribution < 1.29 is 0 Å². The van der Waals surface area contributed by atoms with Crippen molar-refractivity contribution in [2.75, 3.05) is 9.80 Å². The topological polar surface area (TPSA) is 6.48 Å². The molecule has 0 N–H and O–H groups in total. The second kappa shape index (κ2) is 14.5. The van der Waals surface area contributed by atoms with Gasteiger partial charge >= 0.3 is 0 Å². The molecule has 1 aliphatic carbocycles. The lowest BCUT2D eigenvalue weighted by atomic mass is 9.66. The molecule has 0 fully saturated rings. The molecule has 0 atom stereocenters. The number of fused-ring (bicyclic) bond motifs is 1. The summed E-state index contributed by atoms with van der Waals surface area (Å²) in [6, 6.07) is 70.1. The summed E-state index contributed by atoms with van der Waals surface area (Å²) in [7, 11) is 0. The maximum atomic E-state index is 2.35. The van der Waals surface area contributed by atoms with Crippen molar-refractivity contribution in [3.63, 3.8) is 0 Å². The van der Waals surface area contributed by atoms with Crippen LogP contribution < -0.4 is 9.80 Å². The Morgan fingerprint density at radius 2 is 0.769 bits per heavy atom. The predicted molar refractivity (Wildman–Crippen MR) is 221 cm³/mol. The highest BCUT2D eigenvalue weighted by molar-refractivity contribution is 5.88. The number of anilines is 6. The molecule has 252 valence electrons. The van der Waals surface area contributed by atoms with Gasteiger partial charge < -0.3 is 9.80 Å². The molecule has 7 aromatic carbocycles. The number of hydrogen-bond acceptors (Lipinski definition) is 2. The number of rotatable bonds is 10. The van der Waals surface area contributed by atoms with E-state index in [4.69, 9.17) is 0 Å². The minimum Gasteiger partial charge on any atom is -0.311 e. The van der Waals surface area contributed by atoms with Crippen LogP contribution in [0.2, 0.25) is 0 Å². The van der Waals surface area contributed by atoms with Gasteiger partial charge in [0.05, 0.1) is 5.41 Å². The summed E-state index contributed by atoms with van der Waals surface area (Å²) in [6.07, 6.45) is 5.49. The van der Waals surface area contributed by atoms with E-state index in [0.717, 1.165) is 40.5 Å². The van der Waals surface area contributed by atoms with Crippen LogP contribution in [-0.2, 0) is 5.41 Å². The zero-order chi connectivity index (χ0) is 35.3. The normalized spacial score (nSPS) is 13.3. The van der Waals surface area contributed by atoms with E-state index >= 15 is 0 Å². The lowest BCUT2D eigenvalue weighted by Gasteiger charge is -2.36. The molecule has 0 radical (unpaired) electrons. The average molecular weight is 671 g/mol. The van der Waals surface area contributed by atoms with E-state index in [1.807, 2.05) is 0 Å². The standard InChI is InChI=1S/C50H42N2/c1-3-19-48-46(4-2)47-28-17-18-29-49(47)50(48,38-30-34-44(35-31-38)51(40-20-9-5-10-21-40)41-22-11-6-12-23-41)39-32-36-45(37-33-39)52(42-24-13-7-14-25-42)43-26-15-8-16-27-43/h3,5-37H,4H2,1-2H3/b19-3-. The first-order chi connectivity index (χ1) is 25.7. The molecule has 2 heteroatoms. The van der Waals surface area contributed by atoms with Crippen LogP contribution in [-0.4, -0.2) is 0 Å². The largest absolute Gasteiger partial charge is 0.311 e. The van der Waals surface area contributed by atoms with Crippen LogP contribution in [0.3, 0.4) is 0 Å². The van der Waals surface area contributed by atoms with E-state index in [0.29, 0.717) is 0 Å². The molecular formula is C50H42N2. The highest BCUT2D eigenvalue weighted by Crippen LogP contribution is 2.56. The number of hydrogen-bond donors (Lipinski definition) is 0. The van der Waals surface area contributed by atoms with E-state index in [1.54, 1.807) is 0 Å². The molecule has 0 unspecified atom stereocenters. The van der Waals surface area contributed by atoms with Gasteiger partial charge in [0.25, 0.3) is 0 Å². The first kappa shape index (κ1) is 32.8. The summed E-state index contributed by atoms with van der Waals surface area (Å²) < 4.78 is 0. The van der Waals surface area contributed by atoms with Crippen molar-refractivity contribution in [3.8, 4) is 0 Å². The molecule has 7 aromatic rings. The summed E-state index contributed by atoms with van der Waals surface area (Å²) in [5.41, 5.74) is 14.1. The van der Waals surface area contributed by atoms with Gasteiger partial charge in [0.15, 0.2) is 0 Å². The zero-order valence-electron chi connectivity index (χ0n) is 29.7. The maximum absolute atomic E-state index is 2.35. The van der Waals surface area contributed by atoms with Crippen molar-refractivity contribution in [1.82, 2.24) is 0 Å². The fraction of sp³-hybridized carbons (Fsp3) is 0.0800. The molecule has 0 saturated heterocycles. The van der Waals surface area contributed by atoms with Crippen molar-refractivity contribution in [3.05, 3.63) is 234 Å². The molecule has 0 amide bonds. The molecule has 8 rings (SSSR count). The Morgan fingerprint density at radius 1 is 0.423 bits per heavy atom. The van der Waals surface area contributed by atoms with Gasteiger partial charge in [-0.25, -0.2) is 0 Å². The first-order valence-electron chi connectivity index (χ1n) is 18.2. The number of benzene rings is 7. The third kappa shape index (κ3) is 5.73. The minimum absolute atomic E-state index is 0.500. The second-order valence-electron chi connectivity index (χ2n) is 13.1. The lowest BCUT2D eigenvalue weighted by Crippen LogP contribution is -2.29. The number of nitrogens with zero attached hydrogens (tertiary/aromatic N) is 2. The summed E-state index contributed by atoms with van der Waals surface area (Å²) in [5.74, 6) is 0. The first-order valence-corrected chi connectivity index (χ1v) is 18.2. The molecule has 0 aromatic heterocycles. The van der Waals surface area contributed by atoms with Crippen molar-refractivity contribution in [2.24, 2.45) is 0 Å². The lowest BCUT2D eigenvalue weighted by molar-refractivity contribution is 0.760. The third-order valence-electron chi connectivity index (χ3n) is 10.2. The van der Waals surface area contributed by atoms with Crippen molar-refractivity contribution >= 4 is 39.7 Å². The minimum atomic E-state index is -0.500. The van der Waals surface area contributed by atoms with E-state index in [2.05, 4.69) is 230 Å². The van der Waals surface area contributed by atoms with E-state index < -0.39 is 5.41 Å². The second-order valence-corrected chi connectivity index (χ2v) is 13.1. The Hall–Kier alpha value is -6.38. The van der Waals surface area contributed by atoms with Crippen LogP contribution in [0.15, 0.2) is 212 Å². The molecule has 0 spiro atoms. The zero-order valence-corrected chi connectivity index (χ0v) is 29.7. The SMILES string of the molecule is C/C=C\C1=C(CC)c2ccccc2C1(c1ccc(N(c2ccccc2)c2ccccc2)cc1)c1ccc(N(c2ccccc2)c2ccccc2)cc1. The fourth-order valence-electron chi connectivity index (χ4n) is 8.08. The summed E-state index contributed by atoms with van der Waals surface area (Å²) in [4.78, 5) is 4.66. The van der Waals surface area contributed by atoms with Gasteiger partial charge in [-0.2, -0.15) is 0 Å². The van der Waals surface area contributed by atoms with Gasteiger partial charge in [0.2, 0.25) is 0 Å². The molecule has 0 bridgehead atoms. The smallest absolute Gasteiger partial charge is 0.0710 e. The summed E-state index contributed by atoms with van der Waals surface area (Å²) in [6.45, 7) is 4.42. The fourth-order valence-corrected chi connectivity index (χ4v) is 8.08. The van der Waals surface area contributed by atoms with Gasteiger partial charge in [-0.3, -0.25) is 0 Å². The highest BCUT2D eigenvalue weighted by atomic mass is 15.1. The summed E-state index contributed by atoms with van der Waals surface area (Å²) in [5, 5.41) is 0. The van der Waals surface area contributed by atoms with Gasteiger partial charge in [0, 0.05) is 34.1 Å². The Kier molecular flexibility index (Phi) is 9.12. The number of para-hydroxylation sites is 4. The van der Waals surface area contributed by atoms with E-state index in [-0.39, 0.29) is 0 Å². The van der Waals surface area contributed by atoms with Crippen LogP contribution in [0.1, 0.15) is 42.5 Å². The Bertz CT molecular complexity index is 2100. The Balaban J connectivity index is 1.32. The molecule has 0 aliphatic heterocycles. The Labute approximate surface area is 308 Å². The van der Waals surface area contributed by atoms with E-state index in [9.17, 15) is 0 Å². The van der Waals surface area contributed by atoms with Crippen LogP contribution in [0.4, 0.5) is 34.1 Å². The molecule has 1 aliphatic rings. The quantitative estimate of drug-likeness (QED) is 0.143. The average Bonchev–Trinajstić information content (AvgIpc) is 3.50. The van der Waals surface area contributed by atoms with Gasteiger partial charge in [-0.1, -0.05) is 140 Å². The van der Waals surface area contributed by atoms with Crippen LogP contribution >= 0.6 is 0 Å². The molecule has 2 nitrogen and oxygen atoms in total. The number of allylic oxidation sites excluding steroid dienone is 4. The van der Waals surface area contributed by atoms with Crippen LogP contribution in [0.25, 0.3) is 5.57 Å². The summed E-state index contributed by atoms with van der Waals surface area (Å²) >= 11 is 0. The molecule has 52 heavy (non-hydrogen) atoms. The molecule has 0 heterocycles. The van der Waals surface area contributed by atoms with Gasteiger partial charge in [0.1, 0.15) is 0 Å². The van der Waals surface area contributed by atoms with E-state index in [1.165, 1.54) is 33.4 Å². The van der Waals surface area contributed by atoms with Crippen LogP contribution in [0, 0.1) is 0 Å². The highest BCUT2D eigenvalue weighted by Gasteiger charge is 2.46. The van der Waals surface area contributed by atoms with Crippen molar-refractivity contribution in [1.29, 1.82) is 0 Å².